The van der Waals surface area contributed by atoms with Crippen LogP contribution in [-0.2, 0) is 25.7 Å². The third-order valence-electron chi connectivity index (χ3n) is 15.8. The van der Waals surface area contributed by atoms with Gasteiger partial charge in [0.05, 0.1) is 0 Å². The fourth-order valence-corrected chi connectivity index (χ4v) is 16.1. The molecule has 0 saturated carbocycles. The van der Waals surface area contributed by atoms with Crippen molar-refractivity contribution in [1.29, 1.82) is 0 Å². The maximum atomic E-state index is 2.71. The summed E-state index contributed by atoms with van der Waals surface area (Å²) in [5.41, 5.74) is 6.60. The van der Waals surface area contributed by atoms with Crippen molar-refractivity contribution in [1.82, 2.24) is 0 Å². The molecular formula is C66H106S4. The lowest BCUT2D eigenvalue weighted by Gasteiger charge is -2.12. The Bertz CT molecular complexity index is 1820. The first-order valence-electron chi connectivity index (χ1n) is 30.8. The molecule has 0 N–H and O–H groups in total. The van der Waals surface area contributed by atoms with Crippen molar-refractivity contribution in [3.8, 4) is 19.5 Å². The summed E-state index contributed by atoms with van der Waals surface area (Å²) in [4.78, 5) is 6.25. The van der Waals surface area contributed by atoms with E-state index in [4.69, 9.17) is 0 Å². The molecule has 0 nitrogen and oxygen atoms in total. The van der Waals surface area contributed by atoms with Gasteiger partial charge in [0.1, 0.15) is 0 Å². The normalized spacial score (nSPS) is 11.9. The van der Waals surface area contributed by atoms with Crippen molar-refractivity contribution in [2.75, 3.05) is 0 Å². The van der Waals surface area contributed by atoms with Gasteiger partial charge in [-0.25, -0.2) is 0 Å². The maximum Gasteiger partial charge on any atom is 0.0474 e. The molecule has 4 aromatic heterocycles. The zero-order valence-corrected chi connectivity index (χ0v) is 49.5. The van der Waals surface area contributed by atoms with E-state index in [0.717, 1.165) is 0 Å². The van der Waals surface area contributed by atoms with Gasteiger partial charge in [0.2, 0.25) is 0 Å². The zero-order chi connectivity index (χ0) is 49.1. The fourth-order valence-electron chi connectivity index (χ4n) is 11.3. The molecule has 0 aliphatic carbocycles. The smallest absolute Gasteiger partial charge is 0.0474 e. The molecule has 5 aromatic rings. The van der Waals surface area contributed by atoms with Crippen LogP contribution in [-0.4, -0.2) is 0 Å². The summed E-state index contributed by atoms with van der Waals surface area (Å²) in [5, 5.41) is 8.04. The van der Waals surface area contributed by atoms with Gasteiger partial charge >= 0.3 is 0 Å². The third kappa shape index (κ3) is 21.8. The van der Waals surface area contributed by atoms with Gasteiger partial charge in [-0.1, -0.05) is 259 Å². The Labute approximate surface area is 449 Å². The average molecular weight is 1030 g/mol. The minimum Gasteiger partial charge on any atom is -0.143 e. The summed E-state index contributed by atoms with van der Waals surface area (Å²) in [6.45, 7) is 9.32. The Hall–Kier alpha value is -1.46. The average Bonchev–Trinajstić information content (AvgIpc) is 4.21. The summed E-state index contributed by atoms with van der Waals surface area (Å²) in [6, 6.07) is 10.4. The van der Waals surface area contributed by atoms with E-state index in [2.05, 4.69) is 85.4 Å². The first-order valence-corrected chi connectivity index (χ1v) is 34.2. The van der Waals surface area contributed by atoms with E-state index in [1.807, 2.05) is 22.7 Å². The number of rotatable bonds is 46. The molecule has 0 aliphatic heterocycles. The monoisotopic (exact) mass is 1030 g/mol. The second-order valence-corrected chi connectivity index (χ2v) is 25.9. The topological polar surface area (TPSA) is 0 Å². The van der Waals surface area contributed by atoms with Gasteiger partial charge in [-0.2, -0.15) is 0 Å². The van der Waals surface area contributed by atoms with Crippen LogP contribution in [0.3, 0.4) is 0 Å². The molecule has 0 spiro atoms. The number of hydrogen-bond donors (Lipinski definition) is 0. The lowest BCUT2D eigenvalue weighted by atomic mass is 9.94. The lowest BCUT2D eigenvalue weighted by molar-refractivity contribution is 0.556. The van der Waals surface area contributed by atoms with Crippen molar-refractivity contribution >= 4 is 65.5 Å². The van der Waals surface area contributed by atoms with Gasteiger partial charge in [0.15, 0.2) is 0 Å². The number of thiophene rings is 4. The number of fused-ring (bicyclic) bond motifs is 2. The number of unbranched alkanes of at least 4 members (excludes halogenated alkanes) is 36. The largest absolute Gasteiger partial charge is 0.143 e. The van der Waals surface area contributed by atoms with Crippen molar-refractivity contribution in [2.24, 2.45) is 0 Å². The molecule has 394 valence electrons. The number of hydrogen-bond acceptors (Lipinski definition) is 4. The van der Waals surface area contributed by atoms with E-state index >= 15 is 0 Å². The molecule has 0 fully saturated rings. The van der Waals surface area contributed by atoms with Crippen LogP contribution in [0.5, 0.6) is 0 Å². The minimum absolute atomic E-state index is 1.23. The highest BCUT2D eigenvalue weighted by Crippen LogP contribution is 2.49. The summed E-state index contributed by atoms with van der Waals surface area (Å²) in [6.07, 6.45) is 61.1. The van der Waals surface area contributed by atoms with Crippen LogP contribution in [0.4, 0.5) is 0 Å². The van der Waals surface area contributed by atoms with Crippen LogP contribution in [0.2, 0.25) is 0 Å². The third-order valence-corrected chi connectivity index (χ3v) is 20.4. The lowest BCUT2D eigenvalue weighted by Crippen LogP contribution is -1.93. The van der Waals surface area contributed by atoms with E-state index in [1.165, 1.54) is 283 Å². The highest BCUT2D eigenvalue weighted by Gasteiger charge is 2.22. The first-order chi connectivity index (χ1) is 34.7. The maximum absolute atomic E-state index is 2.71. The Balaban J connectivity index is 1.36. The number of benzene rings is 1. The van der Waals surface area contributed by atoms with Gasteiger partial charge in [-0.3, -0.25) is 0 Å². The molecule has 4 heteroatoms. The van der Waals surface area contributed by atoms with Crippen LogP contribution in [0.25, 0.3) is 39.7 Å². The van der Waals surface area contributed by atoms with E-state index in [1.54, 1.807) is 61.9 Å². The summed E-state index contributed by atoms with van der Waals surface area (Å²) in [7, 11) is 0. The second-order valence-electron chi connectivity index (χ2n) is 21.9. The highest BCUT2D eigenvalue weighted by atomic mass is 32.1. The molecule has 0 unspecified atom stereocenters. The molecule has 0 bridgehead atoms. The zero-order valence-electron chi connectivity index (χ0n) is 46.2. The van der Waals surface area contributed by atoms with Gasteiger partial charge < -0.3 is 0 Å². The molecule has 0 saturated heterocycles. The molecule has 0 amide bonds. The summed E-state index contributed by atoms with van der Waals surface area (Å²) in [5.74, 6) is 0. The van der Waals surface area contributed by atoms with E-state index in [0.29, 0.717) is 0 Å². The summed E-state index contributed by atoms with van der Waals surface area (Å²) < 4.78 is 3.28. The molecule has 0 atom stereocenters. The van der Waals surface area contributed by atoms with Crippen LogP contribution in [0.1, 0.15) is 307 Å². The molecule has 0 radical (unpaired) electrons. The number of aryl methyl sites for hydroxylation is 4. The molecule has 4 heterocycles. The SMILES string of the molecule is CCCCCCCCCCCCc1ccsc1-c1cc2c(CCCCCCCCCCCC)c3sc(-c4sccc4CCCCCCCCCCCC)cc3c(CCCCCCCCCCCC)c2s1. The quantitative estimate of drug-likeness (QED) is 0.0341. The van der Waals surface area contributed by atoms with E-state index in [-0.39, 0.29) is 0 Å². The summed E-state index contributed by atoms with van der Waals surface area (Å²) >= 11 is 8.39. The first kappa shape index (κ1) is 59.4. The fraction of sp³-hybridized carbons (Fsp3) is 0.727. The Morgan fingerprint density at radius 1 is 0.286 bits per heavy atom. The highest BCUT2D eigenvalue weighted by molar-refractivity contribution is 7.27. The van der Waals surface area contributed by atoms with Gasteiger partial charge in [-0.15, -0.1) is 45.3 Å². The van der Waals surface area contributed by atoms with E-state index in [9.17, 15) is 0 Å². The Morgan fingerprint density at radius 2 is 0.529 bits per heavy atom. The Kier molecular flexibility index (Phi) is 32.4. The van der Waals surface area contributed by atoms with Crippen molar-refractivity contribution in [3.05, 3.63) is 57.3 Å². The van der Waals surface area contributed by atoms with Crippen LogP contribution >= 0.6 is 45.3 Å². The predicted octanol–water partition coefficient (Wildman–Crippen LogP) is 25.4. The van der Waals surface area contributed by atoms with Crippen molar-refractivity contribution in [3.63, 3.8) is 0 Å². The van der Waals surface area contributed by atoms with Gasteiger partial charge in [-0.05, 0) is 119 Å². The van der Waals surface area contributed by atoms with Crippen LogP contribution in [0.15, 0.2) is 35.0 Å². The van der Waals surface area contributed by atoms with Crippen LogP contribution < -0.4 is 0 Å². The second kappa shape index (κ2) is 38.1. The Morgan fingerprint density at radius 3 is 0.800 bits per heavy atom. The van der Waals surface area contributed by atoms with Gasteiger partial charge in [0, 0.05) is 28.9 Å². The standard InChI is InChI=1S/C66H106S4/c1-5-9-13-17-21-25-29-33-37-41-45-55-49-51-67-63(55)61-53-59-57(47-43-39-35-31-27-23-19-15-11-7-3)66-60(58(65(59)69-61)48-44-40-36-32-28-24-20-16-12-8-4)54-62(70-66)64-56(50-52-68-64)46-42-38-34-30-26-22-18-14-10-6-2/h49-54H,5-48H2,1-4H3. The minimum atomic E-state index is 1.23. The van der Waals surface area contributed by atoms with Crippen LogP contribution in [0, 0.1) is 0 Å². The molecular weight excluding hydrogens is 921 g/mol. The molecule has 70 heavy (non-hydrogen) atoms. The molecule has 5 rings (SSSR count). The predicted molar refractivity (Wildman–Crippen MR) is 326 cm³/mol. The van der Waals surface area contributed by atoms with Crippen molar-refractivity contribution in [2.45, 2.75) is 310 Å². The van der Waals surface area contributed by atoms with E-state index < -0.39 is 0 Å². The van der Waals surface area contributed by atoms with Gasteiger partial charge in [0.25, 0.3) is 0 Å². The molecule has 1 aromatic carbocycles. The molecule has 0 aliphatic rings. The van der Waals surface area contributed by atoms with Crippen molar-refractivity contribution < 1.29 is 0 Å².